The predicted molar refractivity (Wildman–Crippen MR) is 179 cm³/mol. The van der Waals surface area contributed by atoms with E-state index in [4.69, 9.17) is 0 Å². The summed E-state index contributed by atoms with van der Waals surface area (Å²) in [6.07, 6.45) is -3.02. The maximum Gasteiger partial charge on any atom is 0.200 e. The fourth-order valence-corrected chi connectivity index (χ4v) is 7.04. The minimum atomic E-state index is -7.22. The van der Waals surface area contributed by atoms with E-state index in [9.17, 15) is 52.7 Å². The number of nitrogens with zero attached hydrogens (tertiary/aromatic N) is 1. The van der Waals surface area contributed by atoms with Crippen molar-refractivity contribution in [2.24, 2.45) is 0 Å². The van der Waals surface area contributed by atoms with E-state index < -0.39 is 144 Å². The fourth-order valence-electron chi connectivity index (χ4n) is 7.04. The average molecular weight is 899 g/mol. The molecule has 7 rings (SSSR count). The zero-order valence-electron chi connectivity index (χ0n) is 29.7. The van der Waals surface area contributed by atoms with Gasteiger partial charge in [-0.05, 0) is 10.8 Å². The Morgan fingerprint density at radius 2 is 0.565 bits per heavy atom. The number of halogens is 20. The largest absolute Gasteiger partial charge is 0.207 e. The fraction of sp³-hybridized carbons (Fsp3) is 0.0250. The lowest BCUT2D eigenvalue weighted by Crippen LogP contribution is -2.81. The molecule has 322 valence electrons. The van der Waals surface area contributed by atoms with Crippen LogP contribution in [0.25, 0.3) is 10.8 Å². The summed E-state index contributed by atoms with van der Waals surface area (Å²) in [5.74, 6) is -71.4. The molecule has 0 N–H and O–H groups in total. The Bertz CT molecular complexity index is 2550. The van der Waals surface area contributed by atoms with Crippen molar-refractivity contribution >= 4 is 38.8 Å². The van der Waals surface area contributed by atoms with Crippen LogP contribution in [0.5, 0.6) is 0 Å². The van der Waals surface area contributed by atoms with Crippen LogP contribution in [-0.4, -0.2) is 6.15 Å². The van der Waals surface area contributed by atoms with Crippen molar-refractivity contribution in [2.45, 2.75) is 6.54 Å². The van der Waals surface area contributed by atoms with Crippen molar-refractivity contribution in [2.75, 3.05) is 0 Å². The van der Waals surface area contributed by atoms with Crippen LogP contribution in [0.1, 0.15) is 5.56 Å². The van der Waals surface area contributed by atoms with Gasteiger partial charge in [0, 0.05) is 17.7 Å². The molecule has 1 heterocycles. The van der Waals surface area contributed by atoms with Gasteiger partial charge >= 0.3 is 0 Å². The summed E-state index contributed by atoms with van der Waals surface area (Å²) in [5, 5.41) is 2.65. The number of fused-ring (bicyclic) bond motifs is 1. The molecule has 0 fully saturated rings. The van der Waals surface area contributed by atoms with Gasteiger partial charge in [-0.3, -0.25) is 0 Å². The van der Waals surface area contributed by atoms with Crippen molar-refractivity contribution in [3.8, 4) is 0 Å². The highest BCUT2D eigenvalue weighted by atomic mass is 19.2. The molecule has 62 heavy (non-hydrogen) atoms. The Labute approximate surface area is 332 Å². The molecule has 0 aliphatic carbocycles. The van der Waals surface area contributed by atoms with Crippen LogP contribution in [0, 0.1) is 116 Å². The Hall–Kier alpha value is -6.61. The Morgan fingerprint density at radius 3 is 0.887 bits per heavy atom. The number of hydrogen-bond acceptors (Lipinski definition) is 0. The van der Waals surface area contributed by atoms with Crippen LogP contribution in [-0.2, 0) is 6.54 Å². The molecule has 0 radical (unpaired) electrons. The molecule has 22 heteroatoms. The normalized spacial score (nSPS) is 11.6. The van der Waals surface area contributed by atoms with E-state index in [1.54, 1.807) is 0 Å². The van der Waals surface area contributed by atoms with Crippen molar-refractivity contribution in [1.82, 2.24) is 0 Å². The lowest BCUT2D eigenvalue weighted by Gasteiger charge is -2.44. The Morgan fingerprint density at radius 1 is 0.290 bits per heavy atom. The summed E-state index contributed by atoms with van der Waals surface area (Å²) in [7, 11) is 0. The maximum absolute atomic E-state index is 15.4. The lowest BCUT2D eigenvalue weighted by atomic mass is 9.12. The zero-order valence-corrected chi connectivity index (χ0v) is 29.7. The van der Waals surface area contributed by atoms with Crippen LogP contribution in [0.2, 0.25) is 0 Å². The third-order valence-corrected chi connectivity index (χ3v) is 9.72. The van der Waals surface area contributed by atoms with Crippen LogP contribution >= 0.6 is 0 Å². The Kier molecular flexibility index (Phi) is 12.1. The van der Waals surface area contributed by atoms with Gasteiger partial charge in [-0.2, -0.15) is 0 Å². The van der Waals surface area contributed by atoms with Crippen LogP contribution < -0.4 is 26.4 Å². The second kappa shape index (κ2) is 16.7. The number of aromatic nitrogens is 1. The van der Waals surface area contributed by atoms with Gasteiger partial charge in [-0.1, -0.05) is 48.5 Å². The molecule has 0 aliphatic rings. The maximum atomic E-state index is 15.4. The molecule has 0 amide bonds. The van der Waals surface area contributed by atoms with Gasteiger partial charge in [0.25, 0.3) is 0 Å². The van der Waals surface area contributed by atoms with E-state index in [1.807, 2.05) is 6.07 Å². The first-order valence-corrected chi connectivity index (χ1v) is 16.8. The molecule has 6 aromatic carbocycles. The molecule has 0 saturated heterocycles. The molecular formula is C40H14BF20N. The summed E-state index contributed by atoms with van der Waals surface area (Å²) in [4.78, 5) is 0. The van der Waals surface area contributed by atoms with Crippen molar-refractivity contribution < 1.29 is 92.4 Å². The minimum absolute atomic E-state index is 0.919. The van der Waals surface area contributed by atoms with Gasteiger partial charge < -0.3 is 0 Å². The van der Waals surface area contributed by atoms with Gasteiger partial charge in [-0.15, -0.1) is 21.9 Å². The van der Waals surface area contributed by atoms with E-state index >= 15 is 35.1 Å². The van der Waals surface area contributed by atoms with Crippen LogP contribution in [0.3, 0.4) is 0 Å². The van der Waals surface area contributed by atoms with Crippen molar-refractivity contribution in [3.05, 3.63) is 195 Å². The van der Waals surface area contributed by atoms with Crippen LogP contribution in [0.15, 0.2) is 73.1 Å². The molecule has 0 spiro atoms. The van der Waals surface area contributed by atoms with Gasteiger partial charge in [-0.25, -0.2) is 92.4 Å². The minimum Gasteiger partial charge on any atom is -0.207 e. The monoisotopic (exact) mass is 899 g/mol. The first kappa shape index (κ1) is 44.9. The van der Waals surface area contributed by atoms with E-state index in [0.29, 0.717) is 0 Å². The predicted octanol–water partition coefficient (Wildman–Crippen LogP) is 9.02. The van der Waals surface area contributed by atoms with Gasteiger partial charge in [0.1, 0.15) is 52.7 Å². The molecule has 0 saturated carbocycles. The number of pyridine rings is 1. The lowest BCUT2D eigenvalue weighted by molar-refractivity contribution is -0.688. The van der Waals surface area contributed by atoms with E-state index in [0.717, 1.165) is 6.54 Å². The topological polar surface area (TPSA) is 3.88 Å². The van der Waals surface area contributed by atoms with E-state index in [-0.39, 0.29) is 0 Å². The van der Waals surface area contributed by atoms with Crippen LogP contribution in [0.4, 0.5) is 87.8 Å². The average Bonchev–Trinajstić information content (AvgIpc) is 3.27. The molecule has 0 atom stereocenters. The zero-order chi connectivity index (χ0) is 45.9. The summed E-state index contributed by atoms with van der Waals surface area (Å²) in [5.41, 5.74) is -13.0. The molecule has 0 bridgehead atoms. The second-order valence-corrected chi connectivity index (χ2v) is 13.0. The van der Waals surface area contributed by atoms with Crippen molar-refractivity contribution in [3.63, 3.8) is 0 Å². The second-order valence-electron chi connectivity index (χ2n) is 13.0. The molecule has 7 aromatic rings. The molecular weight excluding hydrogens is 885 g/mol. The van der Waals surface area contributed by atoms with E-state index in [2.05, 4.69) is 71.6 Å². The number of benzene rings is 6. The highest BCUT2D eigenvalue weighted by Crippen LogP contribution is 2.31. The van der Waals surface area contributed by atoms with Gasteiger partial charge in [0.2, 0.25) is 0 Å². The van der Waals surface area contributed by atoms with Crippen molar-refractivity contribution in [1.29, 1.82) is 0 Å². The Balaban J connectivity index is 0.000000311. The molecule has 1 aromatic heterocycles. The highest BCUT2D eigenvalue weighted by Gasteiger charge is 2.52. The van der Waals surface area contributed by atoms with E-state index in [1.165, 1.54) is 16.3 Å². The first-order chi connectivity index (χ1) is 29.1. The molecule has 0 aliphatic heterocycles. The quantitative estimate of drug-likeness (QED) is 0.0517. The summed E-state index contributed by atoms with van der Waals surface area (Å²) in [6.45, 7) is 0.919. The SMILES string of the molecule is Fc1c(F)c(F)c([B-](c2c(F)c(F)c(F)c(F)c2F)(c2c(F)c(F)c(F)c(F)c2F)c2c(F)c(F)c(F)c(F)c2F)c(F)c1F.c1cc[n+](Cc2cccc3ccccc23)cc1. The summed E-state index contributed by atoms with van der Waals surface area (Å²) >= 11 is 0. The number of hydrogen-bond donors (Lipinski definition) is 0. The van der Waals surface area contributed by atoms with Gasteiger partial charge in [0.15, 0.2) is 88.7 Å². The highest BCUT2D eigenvalue weighted by molar-refractivity contribution is 7.20. The summed E-state index contributed by atoms with van der Waals surface area (Å²) in [6, 6.07) is 21.2. The summed E-state index contributed by atoms with van der Waals surface area (Å²) < 4.78 is 296. The third-order valence-electron chi connectivity index (χ3n) is 9.72. The standard InChI is InChI=1S/C24BF20.C16H14N/c26-5-1(6(27)14(35)21(42)13(5)34)25(2-7(28)15(36)22(43)16(37)8(2)29,3-9(30)17(38)23(44)18(39)10(3)31)4-11(32)19(40)24(45)20(41)12(4)33;1-4-11-17(12-5-1)13-15-9-6-8-14-7-2-3-10-16(14)15/h;1-12H,13H2/q-1;+1. The van der Waals surface area contributed by atoms with Gasteiger partial charge in [0.05, 0.1) is 0 Å². The third kappa shape index (κ3) is 6.84. The first-order valence-electron chi connectivity index (χ1n) is 16.8. The molecule has 1 nitrogen and oxygen atoms in total. The molecule has 0 unspecified atom stereocenters. The smallest absolute Gasteiger partial charge is 0.200 e. The number of rotatable bonds is 6.